The van der Waals surface area contributed by atoms with Crippen molar-refractivity contribution in [1.29, 1.82) is 0 Å². The summed E-state index contributed by atoms with van der Waals surface area (Å²) in [5.74, 6) is 0.0166. The number of hydrogen-bond donors (Lipinski definition) is 2. The van der Waals surface area contributed by atoms with Crippen molar-refractivity contribution in [3.8, 4) is 0 Å². The second-order valence-corrected chi connectivity index (χ2v) is 5.20. The number of amides is 1. The molecule has 0 aliphatic carbocycles. The van der Waals surface area contributed by atoms with E-state index in [0.717, 1.165) is 0 Å². The molecular formula is C15H24N2O. The summed E-state index contributed by atoms with van der Waals surface area (Å²) in [7, 11) is 0. The van der Waals surface area contributed by atoms with Gasteiger partial charge in [0.15, 0.2) is 0 Å². The maximum Gasteiger partial charge on any atom is 0.221 e. The van der Waals surface area contributed by atoms with Crippen molar-refractivity contribution in [2.24, 2.45) is 5.73 Å². The zero-order valence-corrected chi connectivity index (χ0v) is 12.1. The highest BCUT2D eigenvalue weighted by Crippen LogP contribution is 2.21. The average Bonchev–Trinajstić information content (AvgIpc) is 2.25. The van der Waals surface area contributed by atoms with Crippen molar-refractivity contribution in [2.75, 3.05) is 0 Å². The Morgan fingerprint density at radius 2 is 1.72 bits per heavy atom. The maximum absolute atomic E-state index is 11.6. The van der Waals surface area contributed by atoms with Gasteiger partial charge in [0.05, 0.1) is 0 Å². The molecule has 1 unspecified atom stereocenters. The van der Waals surface area contributed by atoms with E-state index in [2.05, 4.69) is 39.1 Å². The summed E-state index contributed by atoms with van der Waals surface area (Å²) >= 11 is 0. The SMILES string of the molecule is Cc1cc(C)c(C)c(CNC(=O)CC(C)N)c1C. The molecule has 1 rings (SSSR count). The normalized spacial score (nSPS) is 12.3. The van der Waals surface area contributed by atoms with Crippen LogP contribution in [0, 0.1) is 27.7 Å². The molecule has 0 fully saturated rings. The van der Waals surface area contributed by atoms with Crippen LogP contribution in [0.2, 0.25) is 0 Å². The summed E-state index contributed by atoms with van der Waals surface area (Å²) in [5, 5.41) is 2.95. The van der Waals surface area contributed by atoms with Crippen LogP contribution >= 0.6 is 0 Å². The summed E-state index contributed by atoms with van der Waals surface area (Å²) in [5.41, 5.74) is 11.9. The molecule has 0 aliphatic rings. The van der Waals surface area contributed by atoms with Gasteiger partial charge in [0, 0.05) is 19.0 Å². The Morgan fingerprint density at radius 1 is 1.22 bits per heavy atom. The van der Waals surface area contributed by atoms with Gasteiger partial charge in [0.1, 0.15) is 0 Å². The molecule has 3 nitrogen and oxygen atoms in total. The Kier molecular flexibility index (Phi) is 4.91. The summed E-state index contributed by atoms with van der Waals surface area (Å²) < 4.78 is 0. The number of carbonyl (C=O) groups excluding carboxylic acids is 1. The Hall–Kier alpha value is -1.35. The Labute approximate surface area is 110 Å². The molecule has 100 valence electrons. The number of benzene rings is 1. The second-order valence-electron chi connectivity index (χ2n) is 5.20. The van der Waals surface area contributed by atoms with Gasteiger partial charge in [-0.1, -0.05) is 6.07 Å². The molecule has 0 saturated carbocycles. The average molecular weight is 248 g/mol. The number of nitrogens with two attached hydrogens (primary N) is 1. The lowest BCUT2D eigenvalue weighted by Gasteiger charge is -2.16. The van der Waals surface area contributed by atoms with Crippen LogP contribution in [0.1, 0.15) is 41.2 Å². The zero-order chi connectivity index (χ0) is 13.9. The summed E-state index contributed by atoms with van der Waals surface area (Å²) in [6.07, 6.45) is 0.378. The number of hydrogen-bond acceptors (Lipinski definition) is 2. The van der Waals surface area contributed by atoms with Crippen molar-refractivity contribution in [2.45, 2.75) is 53.6 Å². The fourth-order valence-electron chi connectivity index (χ4n) is 2.12. The van der Waals surface area contributed by atoms with Gasteiger partial charge >= 0.3 is 0 Å². The highest BCUT2D eigenvalue weighted by atomic mass is 16.1. The Morgan fingerprint density at radius 3 is 2.17 bits per heavy atom. The molecule has 1 aromatic rings. The summed E-state index contributed by atoms with van der Waals surface area (Å²) in [6, 6.07) is 2.10. The Balaban J connectivity index is 2.82. The minimum atomic E-state index is -0.0913. The van der Waals surface area contributed by atoms with Gasteiger partial charge in [0.25, 0.3) is 0 Å². The lowest BCUT2D eigenvalue weighted by atomic mass is 9.94. The van der Waals surface area contributed by atoms with Crippen molar-refractivity contribution in [1.82, 2.24) is 5.32 Å². The van der Waals surface area contributed by atoms with Crippen LogP contribution in [-0.2, 0) is 11.3 Å². The number of carbonyl (C=O) groups is 1. The van der Waals surface area contributed by atoms with Gasteiger partial charge in [0.2, 0.25) is 5.91 Å². The first-order chi connectivity index (χ1) is 8.32. The van der Waals surface area contributed by atoms with E-state index in [0.29, 0.717) is 13.0 Å². The summed E-state index contributed by atoms with van der Waals surface area (Å²) in [4.78, 5) is 11.6. The minimum absolute atomic E-state index is 0.0166. The molecule has 0 heterocycles. The molecule has 0 saturated heterocycles. The molecule has 1 amide bonds. The highest BCUT2D eigenvalue weighted by Gasteiger charge is 2.10. The van der Waals surface area contributed by atoms with Crippen LogP contribution in [0.5, 0.6) is 0 Å². The third-order valence-corrected chi connectivity index (χ3v) is 3.49. The third kappa shape index (κ3) is 3.57. The number of rotatable bonds is 4. The smallest absolute Gasteiger partial charge is 0.221 e. The molecule has 0 radical (unpaired) electrons. The van der Waals surface area contributed by atoms with Crippen molar-refractivity contribution < 1.29 is 4.79 Å². The summed E-state index contributed by atoms with van der Waals surface area (Å²) in [6.45, 7) is 10.9. The number of aryl methyl sites for hydroxylation is 2. The van der Waals surface area contributed by atoms with Crippen molar-refractivity contribution in [3.05, 3.63) is 33.9 Å². The first-order valence-corrected chi connectivity index (χ1v) is 6.41. The highest BCUT2D eigenvalue weighted by molar-refractivity contribution is 5.76. The molecule has 3 N–H and O–H groups in total. The quantitative estimate of drug-likeness (QED) is 0.859. The molecule has 18 heavy (non-hydrogen) atoms. The van der Waals surface area contributed by atoms with Crippen LogP contribution in [-0.4, -0.2) is 11.9 Å². The fraction of sp³-hybridized carbons (Fsp3) is 0.533. The minimum Gasteiger partial charge on any atom is -0.352 e. The Bertz CT molecular complexity index is 424. The first kappa shape index (κ1) is 14.7. The van der Waals surface area contributed by atoms with E-state index in [1.165, 1.54) is 27.8 Å². The van der Waals surface area contributed by atoms with Gasteiger partial charge in [-0.05, 0) is 62.4 Å². The van der Waals surface area contributed by atoms with E-state index in [1.54, 1.807) is 0 Å². The van der Waals surface area contributed by atoms with E-state index < -0.39 is 0 Å². The van der Waals surface area contributed by atoms with Crippen LogP contribution in [0.25, 0.3) is 0 Å². The lowest BCUT2D eigenvalue weighted by Crippen LogP contribution is -2.30. The monoisotopic (exact) mass is 248 g/mol. The van der Waals surface area contributed by atoms with Crippen LogP contribution in [0.3, 0.4) is 0 Å². The molecule has 0 aliphatic heterocycles. The van der Waals surface area contributed by atoms with E-state index in [1.807, 2.05) is 6.92 Å². The van der Waals surface area contributed by atoms with Gasteiger partial charge in [-0.25, -0.2) is 0 Å². The zero-order valence-electron chi connectivity index (χ0n) is 12.1. The molecule has 0 spiro atoms. The van der Waals surface area contributed by atoms with Crippen LogP contribution < -0.4 is 11.1 Å². The van der Waals surface area contributed by atoms with E-state index >= 15 is 0 Å². The standard InChI is InChI=1S/C15H24N2O/c1-9-6-10(2)13(5)14(12(9)4)8-17-15(18)7-11(3)16/h6,11H,7-8,16H2,1-5H3,(H,17,18). The number of nitrogens with one attached hydrogen (secondary N) is 1. The lowest BCUT2D eigenvalue weighted by molar-refractivity contribution is -0.121. The molecule has 0 aromatic heterocycles. The van der Waals surface area contributed by atoms with Gasteiger partial charge < -0.3 is 11.1 Å². The molecular weight excluding hydrogens is 224 g/mol. The first-order valence-electron chi connectivity index (χ1n) is 6.41. The van der Waals surface area contributed by atoms with E-state index in [-0.39, 0.29) is 11.9 Å². The van der Waals surface area contributed by atoms with Crippen LogP contribution in [0.15, 0.2) is 6.07 Å². The molecule has 1 aromatic carbocycles. The molecule has 3 heteroatoms. The predicted octanol–water partition coefficient (Wildman–Crippen LogP) is 2.27. The van der Waals surface area contributed by atoms with E-state index in [4.69, 9.17) is 5.73 Å². The van der Waals surface area contributed by atoms with Crippen molar-refractivity contribution in [3.63, 3.8) is 0 Å². The maximum atomic E-state index is 11.6. The molecule has 1 atom stereocenters. The topological polar surface area (TPSA) is 55.1 Å². The van der Waals surface area contributed by atoms with Crippen LogP contribution in [0.4, 0.5) is 0 Å². The second kappa shape index (κ2) is 6.01. The largest absolute Gasteiger partial charge is 0.352 e. The fourth-order valence-corrected chi connectivity index (χ4v) is 2.12. The molecule has 0 bridgehead atoms. The third-order valence-electron chi connectivity index (χ3n) is 3.49. The van der Waals surface area contributed by atoms with Gasteiger partial charge in [-0.15, -0.1) is 0 Å². The van der Waals surface area contributed by atoms with Gasteiger partial charge in [-0.3, -0.25) is 4.79 Å². The van der Waals surface area contributed by atoms with Gasteiger partial charge in [-0.2, -0.15) is 0 Å². The van der Waals surface area contributed by atoms with E-state index in [9.17, 15) is 4.79 Å². The predicted molar refractivity (Wildman–Crippen MR) is 75.5 cm³/mol. The van der Waals surface area contributed by atoms with Crippen molar-refractivity contribution >= 4 is 5.91 Å².